The normalized spacial score (nSPS) is 10.4. The summed E-state index contributed by atoms with van der Waals surface area (Å²) in [6.45, 7) is 4.93. The van der Waals surface area contributed by atoms with Crippen molar-refractivity contribution in [2.75, 3.05) is 38.1 Å². The Bertz CT molecular complexity index is 417. The molecule has 0 spiro atoms. The number of hydrogen-bond acceptors (Lipinski definition) is 4. The Kier molecular flexibility index (Phi) is 6.12. The Balaban J connectivity index is 2.46. The minimum absolute atomic E-state index is 0.124. The second-order valence-corrected chi connectivity index (χ2v) is 3.89. The number of benzene rings is 1. The number of rotatable bonds is 7. The second-order valence-electron chi connectivity index (χ2n) is 3.89. The summed E-state index contributed by atoms with van der Waals surface area (Å²) >= 11 is 0. The van der Waals surface area contributed by atoms with Crippen molar-refractivity contribution in [3.05, 3.63) is 29.6 Å². The van der Waals surface area contributed by atoms with Crippen LogP contribution in [0, 0.1) is 17.1 Å². The van der Waals surface area contributed by atoms with E-state index in [-0.39, 0.29) is 6.61 Å². The van der Waals surface area contributed by atoms with E-state index in [1.54, 1.807) is 12.1 Å². The van der Waals surface area contributed by atoms with E-state index < -0.39 is 5.82 Å². The molecule has 0 aliphatic rings. The highest BCUT2D eigenvalue weighted by atomic mass is 19.1. The van der Waals surface area contributed by atoms with Crippen molar-refractivity contribution in [1.82, 2.24) is 4.90 Å². The van der Waals surface area contributed by atoms with Crippen LogP contribution < -0.4 is 5.32 Å². The Morgan fingerprint density at radius 1 is 1.44 bits per heavy atom. The average molecular weight is 251 g/mol. The number of halogens is 1. The summed E-state index contributed by atoms with van der Waals surface area (Å²) in [4.78, 5) is 2.06. The third-order valence-corrected chi connectivity index (χ3v) is 2.71. The van der Waals surface area contributed by atoms with Gasteiger partial charge in [0.15, 0.2) is 0 Å². The fraction of sp³-hybridized carbons (Fsp3) is 0.462. The quantitative estimate of drug-likeness (QED) is 0.769. The van der Waals surface area contributed by atoms with Crippen LogP contribution >= 0.6 is 0 Å². The van der Waals surface area contributed by atoms with E-state index in [1.807, 2.05) is 13.0 Å². The van der Waals surface area contributed by atoms with Crippen LogP contribution in [-0.2, 0) is 0 Å². The molecule has 0 atom stereocenters. The Morgan fingerprint density at radius 2 is 2.22 bits per heavy atom. The van der Waals surface area contributed by atoms with Crippen molar-refractivity contribution in [1.29, 1.82) is 5.26 Å². The number of anilines is 1. The van der Waals surface area contributed by atoms with E-state index in [2.05, 4.69) is 10.2 Å². The number of nitrogens with one attached hydrogen (secondary N) is 1. The van der Waals surface area contributed by atoms with Gasteiger partial charge in [0.1, 0.15) is 5.82 Å². The van der Waals surface area contributed by atoms with Crippen LogP contribution in [0.2, 0.25) is 0 Å². The van der Waals surface area contributed by atoms with Crippen molar-refractivity contribution in [3.8, 4) is 6.07 Å². The predicted molar refractivity (Wildman–Crippen MR) is 68.8 cm³/mol. The van der Waals surface area contributed by atoms with Crippen LogP contribution in [0.25, 0.3) is 0 Å². The summed E-state index contributed by atoms with van der Waals surface area (Å²) < 4.78 is 13.5. The monoisotopic (exact) mass is 251 g/mol. The first-order valence-electron chi connectivity index (χ1n) is 5.98. The Labute approximate surface area is 107 Å². The van der Waals surface area contributed by atoms with Crippen LogP contribution in [-0.4, -0.2) is 42.8 Å². The first kappa shape index (κ1) is 14.4. The molecule has 0 saturated heterocycles. The molecule has 0 heterocycles. The lowest BCUT2D eigenvalue weighted by atomic mass is 10.2. The largest absolute Gasteiger partial charge is 0.395 e. The van der Waals surface area contributed by atoms with E-state index in [1.165, 1.54) is 6.07 Å². The summed E-state index contributed by atoms with van der Waals surface area (Å²) in [6, 6.07) is 6.25. The molecule has 1 rings (SSSR count). The van der Waals surface area contributed by atoms with Gasteiger partial charge in [-0.1, -0.05) is 6.92 Å². The molecular formula is C13H18FN3O. The molecule has 0 saturated carbocycles. The lowest BCUT2D eigenvalue weighted by Gasteiger charge is -2.19. The molecule has 1 aromatic rings. The maximum Gasteiger partial charge on any atom is 0.147 e. The standard InChI is InChI=1S/C13H18FN3O/c1-2-17(7-8-18)6-5-16-13-4-3-11(10-15)9-12(13)14/h3-4,9,16,18H,2,5-8H2,1H3. The molecule has 0 aliphatic carbocycles. The molecule has 0 aliphatic heterocycles. The molecule has 5 heteroatoms. The van der Waals surface area contributed by atoms with Gasteiger partial charge in [0.05, 0.1) is 23.9 Å². The minimum atomic E-state index is -0.417. The lowest BCUT2D eigenvalue weighted by Crippen LogP contribution is -2.31. The van der Waals surface area contributed by atoms with Gasteiger partial charge in [-0.15, -0.1) is 0 Å². The fourth-order valence-corrected chi connectivity index (χ4v) is 1.65. The maximum atomic E-state index is 13.5. The highest BCUT2D eigenvalue weighted by Gasteiger charge is 2.04. The number of aliphatic hydroxyl groups excluding tert-OH is 1. The van der Waals surface area contributed by atoms with Gasteiger partial charge >= 0.3 is 0 Å². The number of nitriles is 1. The first-order valence-corrected chi connectivity index (χ1v) is 5.98. The SMILES string of the molecule is CCN(CCO)CCNc1ccc(C#N)cc1F. The summed E-state index contributed by atoms with van der Waals surface area (Å²) in [7, 11) is 0. The summed E-state index contributed by atoms with van der Waals surface area (Å²) in [5.74, 6) is -0.417. The van der Waals surface area contributed by atoms with Crippen molar-refractivity contribution >= 4 is 5.69 Å². The molecule has 0 fully saturated rings. The van der Waals surface area contributed by atoms with Crippen LogP contribution in [0.1, 0.15) is 12.5 Å². The molecule has 0 bridgehead atoms. The second kappa shape index (κ2) is 7.64. The van der Waals surface area contributed by atoms with Crippen molar-refractivity contribution in [2.45, 2.75) is 6.92 Å². The molecule has 98 valence electrons. The molecule has 18 heavy (non-hydrogen) atoms. The van der Waals surface area contributed by atoms with E-state index in [4.69, 9.17) is 10.4 Å². The van der Waals surface area contributed by atoms with E-state index in [0.717, 1.165) is 13.1 Å². The predicted octanol–water partition coefficient (Wildman–Crippen LogP) is 1.42. The van der Waals surface area contributed by atoms with Crippen molar-refractivity contribution in [2.24, 2.45) is 0 Å². The molecule has 0 amide bonds. The van der Waals surface area contributed by atoms with Gasteiger partial charge in [-0.05, 0) is 24.7 Å². The molecular weight excluding hydrogens is 233 g/mol. The van der Waals surface area contributed by atoms with Crippen molar-refractivity contribution < 1.29 is 9.50 Å². The lowest BCUT2D eigenvalue weighted by molar-refractivity contribution is 0.206. The average Bonchev–Trinajstić information content (AvgIpc) is 2.39. The molecule has 1 aromatic carbocycles. The molecule has 0 aromatic heterocycles. The van der Waals surface area contributed by atoms with Crippen LogP contribution in [0.15, 0.2) is 18.2 Å². The zero-order chi connectivity index (χ0) is 13.4. The third-order valence-electron chi connectivity index (χ3n) is 2.71. The smallest absolute Gasteiger partial charge is 0.147 e. The number of likely N-dealkylation sites (N-methyl/N-ethyl adjacent to an activating group) is 1. The molecule has 4 nitrogen and oxygen atoms in total. The van der Waals surface area contributed by atoms with Crippen LogP contribution in [0.3, 0.4) is 0 Å². The Morgan fingerprint density at radius 3 is 2.78 bits per heavy atom. The van der Waals surface area contributed by atoms with E-state index in [9.17, 15) is 4.39 Å². The van der Waals surface area contributed by atoms with E-state index in [0.29, 0.717) is 24.3 Å². The third kappa shape index (κ3) is 4.32. The van der Waals surface area contributed by atoms with Gasteiger partial charge < -0.3 is 10.4 Å². The summed E-state index contributed by atoms with van der Waals surface area (Å²) in [5, 5.41) is 20.4. The fourth-order valence-electron chi connectivity index (χ4n) is 1.65. The number of nitrogens with zero attached hydrogens (tertiary/aromatic N) is 2. The molecule has 0 radical (unpaired) electrons. The highest BCUT2D eigenvalue weighted by molar-refractivity contribution is 5.48. The maximum absolute atomic E-state index is 13.5. The highest BCUT2D eigenvalue weighted by Crippen LogP contribution is 2.14. The number of aliphatic hydroxyl groups is 1. The minimum Gasteiger partial charge on any atom is -0.395 e. The van der Waals surface area contributed by atoms with Gasteiger partial charge in [-0.2, -0.15) is 5.26 Å². The van der Waals surface area contributed by atoms with Gasteiger partial charge in [-0.3, -0.25) is 4.90 Å². The van der Waals surface area contributed by atoms with Gasteiger partial charge in [-0.25, -0.2) is 4.39 Å². The topological polar surface area (TPSA) is 59.3 Å². The van der Waals surface area contributed by atoms with Crippen LogP contribution in [0.5, 0.6) is 0 Å². The zero-order valence-corrected chi connectivity index (χ0v) is 10.5. The summed E-state index contributed by atoms with van der Waals surface area (Å²) in [6.07, 6.45) is 0. The van der Waals surface area contributed by atoms with Gasteiger partial charge in [0.2, 0.25) is 0 Å². The van der Waals surface area contributed by atoms with Gasteiger partial charge in [0, 0.05) is 19.6 Å². The van der Waals surface area contributed by atoms with Gasteiger partial charge in [0.25, 0.3) is 0 Å². The summed E-state index contributed by atoms with van der Waals surface area (Å²) in [5.41, 5.74) is 0.711. The van der Waals surface area contributed by atoms with Crippen LogP contribution in [0.4, 0.5) is 10.1 Å². The Hall–Kier alpha value is -1.64. The van der Waals surface area contributed by atoms with Crippen molar-refractivity contribution in [3.63, 3.8) is 0 Å². The number of hydrogen-bond donors (Lipinski definition) is 2. The van der Waals surface area contributed by atoms with E-state index >= 15 is 0 Å². The first-order chi connectivity index (χ1) is 8.71. The molecule has 0 unspecified atom stereocenters. The molecule has 2 N–H and O–H groups in total. The zero-order valence-electron chi connectivity index (χ0n) is 10.5.